The van der Waals surface area contributed by atoms with Gasteiger partial charge in [0.15, 0.2) is 0 Å². The van der Waals surface area contributed by atoms with E-state index >= 15 is 0 Å². The summed E-state index contributed by atoms with van der Waals surface area (Å²) in [6.07, 6.45) is 1.11. The van der Waals surface area contributed by atoms with Gasteiger partial charge < -0.3 is 4.74 Å². The van der Waals surface area contributed by atoms with Gasteiger partial charge in [-0.05, 0) is 42.7 Å². The third kappa shape index (κ3) is 2.98. The van der Waals surface area contributed by atoms with Gasteiger partial charge in [0, 0.05) is 14.6 Å². The number of thioether (sulfide) groups is 1. The van der Waals surface area contributed by atoms with Gasteiger partial charge in [-0.3, -0.25) is 0 Å². The number of fused-ring (bicyclic) bond motifs is 1. The number of hydrogen-bond acceptors (Lipinski definition) is 2. The van der Waals surface area contributed by atoms with Gasteiger partial charge in [0.05, 0.1) is 0 Å². The van der Waals surface area contributed by atoms with E-state index < -0.39 is 0 Å². The molecule has 0 saturated heterocycles. The van der Waals surface area contributed by atoms with Crippen LogP contribution in [0.25, 0.3) is 0 Å². The van der Waals surface area contributed by atoms with Crippen LogP contribution in [0.2, 0.25) is 0 Å². The van der Waals surface area contributed by atoms with Crippen molar-refractivity contribution in [2.45, 2.75) is 23.5 Å². The molecule has 3 rings (SSSR count). The van der Waals surface area contributed by atoms with E-state index in [1.807, 2.05) is 23.9 Å². The molecular weight excluding hydrogens is 320 g/mol. The van der Waals surface area contributed by atoms with Crippen LogP contribution >= 0.6 is 27.7 Å². The Morgan fingerprint density at radius 1 is 1.26 bits per heavy atom. The fourth-order valence-corrected chi connectivity index (χ4v) is 3.82. The molecule has 1 aliphatic heterocycles. The van der Waals surface area contributed by atoms with Gasteiger partial charge in [0.1, 0.15) is 12.4 Å². The monoisotopic (exact) mass is 334 g/mol. The maximum Gasteiger partial charge on any atom is 0.123 e. The SMILES string of the molecule is Cc1ccc(Br)cc1OCC1Cc2ccccc2S1. The van der Waals surface area contributed by atoms with Gasteiger partial charge in [-0.15, -0.1) is 11.8 Å². The van der Waals surface area contributed by atoms with Gasteiger partial charge >= 0.3 is 0 Å². The van der Waals surface area contributed by atoms with Crippen molar-refractivity contribution in [3.05, 3.63) is 58.1 Å². The van der Waals surface area contributed by atoms with E-state index in [4.69, 9.17) is 4.74 Å². The van der Waals surface area contributed by atoms with E-state index in [2.05, 4.69) is 53.2 Å². The highest BCUT2D eigenvalue weighted by Crippen LogP contribution is 2.37. The van der Waals surface area contributed by atoms with Crippen LogP contribution in [0.5, 0.6) is 5.75 Å². The predicted octanol–water partition coefficient (Wildman–Crippen LogP) is 4.85. The maximum absolute atomic E-state index is 5.98. The number of aryl methyl sites for hydroxylation is 1. The summed E-state index contributed by atoms with van der Waals surface area (Å²) in [6.45, 7) is 2.84. The molecule has 0 aromatic heterocycles. The molecule has 3 heteroatoms. The molecule has 0 fully saturated rings. The maximum atomic E-state index is 5.98. The Balaban J connectivity index is 1.64. The molecule has 0 radical (unpaired) electrons. The zero-order valence-electron chi connectivity index (χ0n) is 10.7. The van der Waals surface area contributed by atoms with Crippen LogP contribution in [0.4, 0.5) is 0 Å². The lowest BCUT2D eigenvalue weighted by atomic mass is 10.1. The molecule has 2 aromatic carbocycles. The largest absolute Gasteiger partial charge is 0.492 e. The molecule has 1 aliphatic rings. The first-order valence-electron chi connectivity index (χ1n) is 6.36. The Labute approximate surface area is 126 Å². The van der Waals surface area contributed by atoms with Gasteiger partial charge in [-0.1, -0.05) is 40.2 Å². The molecule has 0 N–H and O–H groups in total. The molecule has 1 atom stereocenters. The lowest BCUT2D eigenvalue weighted by Crippen LogP contribution is -2.13. The summed E-state index contributed by atoms with van der Waals surface area (Å²) in [5.41, 5.74) is 2.63. The van der Waals surface area contributed by atoms with Crippen LogP contribution in [0.15, 0.2) is 51.8 Å². The highest BCUT2D eigenvalue weighted by molar-refractivity contribution is 9.10. The van der Waals surface area contributed by atoms with Crippen LogP contribution in [-0.2, 0) is 6.42 Å². The van der Waals surface area contributed by atoms with Gasteiger partial charge in [0.2, 0.25) is 0 Å². The summed E-state index contributed by atoms with van der Waals surface area (Å²) in [7, 11) is 0. The summed E-state index contributed by atoms with van der Waals surface area (Å²) in [5.74, 6) is 0.978. The Bertz CT molecular complexity index is 572. The van der Waals surface area contributed by atoms with Crippen molar-refractivity contribution < 1.29 is 4.74 Å². The van der Waals surface area contributed by atoms with Crippen molar-refractivity contribution in [1.29, 1.82) is 0 Å². The Hall–Kier alpha value is -0.930. The minimum absolute atomic E-state index is 0.524. The number of hydrogen-bond donors (Lipinski definition) is 0. The fraction of sp³-hybridized carbons (Fsp3) is 0.250. The van der Waals surface area contributed by atoms with Crippen LogP contribution in [0.1, 0.15) is 11.1 Å². The second-order valence-electron chi connectivity index (χ2n) is 4.77. The summed E-state index contributed by atoms with van der Waals surface area (Å²) in [4.78, 5) is 1.40. The van der Waals surface area contributed by atoms with Crippen LogP contribution in [0, 0.1) is 6.92 Å². The first-order valence-corrected chi connectivity index (χ1v) is 8.03. The molecule has 0 saturated carbocycles. The van der Waals surface area contributed by atoms with Crippen LogP contribution in [0.3, 0.4) is 0 Å². The summed E-state index contributed by atoms with van der Waals surface area (Å²) < 4.78 is 7.05. The summed E-state index contributed by atoms with van der Waals surface area (Å²) in [6, 6.07) is 14.8. The van der Waals surface area contributed by atoms with Crippen molar-refractivity contribution in [3.8, 4) is 5.75 Å². The molecule has 0 bridgehead atoms. The lowest BCUT2D eigenvalue weighted by molar-refractivity contribution is 0.315. The summed E-state index contributed by atoms with van der Waals surface area (Å²) >= 11 is 5.42. The molecule has 0 spiro atoms. The van der Waals surface area contributed by atoms with Gasteiger partial charge in [-0.2, -0.15) is 0 Å². The number of halogens is 1. The predicted molar refractivity (Wildman–Crippen MR) is 84.2 cm³/mol. The number of benzene rings is 2. The molecule has 1 unspecified atom stereocenters. The van der Waals surface area contributed by atoms with Crippen molar-refractivity contribution >= 4 is 27.7 Å². The van der Waals surface area contributed by atoms with Crippen LogP contribution < -0.4 is 4.74 Å². The topological polar surface area (TPSA) is 9.23 Å². The normalized spacial score (nSPS) is 17.3. The Kier molecular flexibility index (Phi) is 3.85. The highest BCUT2D eigenvalue weighted by atomic mass is 79.9. The van der Waals surface area contributed by atoms with Crippen molar-refractivity contribution in [2.75, 3.05) is 6.61 Å². The first kappa shape index (κ1) is 13.1. The molecule has 0 amide bonds. The standard InChI is InChI=1S/C16H15BrOS/c1-11-6-7-13(17)9-15(11)18-10-14-8-12-4-2-3-5-16(12)19-14/h2-7,9,14H,8,10H2,1H3. The zero-order chi connectivity index (χ0) is 13.2. The molecule has 1 heterocycles. The average molecular weight is 335 g/mol. The molecule has 98 valence electrons. The fourth-order valence-electron chi connectivity index (χ4n) is 2.26. The lowest BCUT2D eigenvalue weighted by Gasteiger charge is -2.13. The molecule has 19 heavy (non-hydrogen) atoms. The Morgan fingerprint density at radius 2 is 2.11 bits per heavy atom. The highest BCUT2D eigenvalue weighted by Gasteiger charge is 2.22. The van der Waals surface area contributed by atoms with Gasteiger partial charge in [-0.25, -0.2) is 0 Å². The minimum atomic E-state index is 0.524. The minimum Gasteiger partial charge on any atom is -0.492 e. The number of ether oxygens (including phenoxy) is 1. The van der Waals surface area contributed by atoms with Crippen LogP contribution in [-0.4, -0.2) is 11.9 Å². The van der Waals surface area contributed by atoms with Gasteiger partial charge in [0.25, 0.3) is 0 Å². The summed E-state index contributed by atoms with van der Waals surface area (Å²) in [5, 5.41) is 0.524. The van der Waals surface area contributed by atoms with E-state index in [9.17, 15) is 0 Å². The van der Waals surface area contributed by atoms with E-state index in [0.717, 1.165) is 23.2 Å². The Morgan fingerprint density at radius 3 is 2.95 bits per heavy atom. The molecule has 1 nitrogen and oxygen atoms in total. The van der Waals surface area contributed by atoms with Crippen molar-refractivity contribution in [2.24, 2.45) is 0 Å². The third-order valence-corrected chi connectivity index (χ3v) is 5.07. The van der Waals surface area contributed by atoms with E-state index in [1.54, 1.807) is 0 Å². The molecule has 2 aromatic rings. The quantitative estimate of drug-likeness (QED) is 0.793. The van der Waals surface area contributed by atoms with E-state index in [-0.39, 0.29) is 0 Å². The first-order chi connectivity index (χ1) is 9.22. The average Bonchev–Trinajstić information content (AvgIpc) is 2.82. The van der Waals surface area contributed by atoms with Crippen molar-refractivity contribution in [1.82, 2.24) is 0 Å². The second-order valence-corrected chi connectivity index (χ2v) is 7.03. The zero-order valence-corrected chi connectivity index (χ0v) is 13.1. The smallest absolute Gasteiger partial charge is 0.123 e. The molecule has 0 aliphatic carbocycles. The van der Waals surface area contributed by atoms with E-state index in [1.165, 1.54) is 16.0 Å². The third-order valence-electron chi connectivity index (χ3n) is 3.29. The second kappa shape index (κ2) is 5.59. The van der Waals surface area contributed by atoms with Crippen molar-refractivity contribution in [3.63, 3.8) is 0 Å². The van der Waals surface area contributed by atoms with E-state index in [0.29, 0.717) is 5.25 Å². The molecular formula is C16H15BrOS. The number of rotatable bonds is 3.